The van der Waals surface area contributed by atoms with E-state index < -0.39 is 12.1 Å². The second kappa shape index (κ2) is 8.76. The van der Waals surface area contributed by atoms with Gasteiger partial charge in [0.2, 0.25) is 0 Å². The molecule has 0 aromatic rings. The second-order valence-electron chi connectivity index (χ2n) is 5.18. The van der Waals surface area contributed by atoms with Crippen LogP contribution in [0.3, 0.4) is 0 Å². The molecule has 1 saturated heterocycles. The highest BCUT2D eigenvalue weighted by atomic mass is 16.5. The molecule has 0 aromatic carbocycles. The van der Waals surface area contributed by atoms with E-state index in [0.29, 0.717) is 0 Å². The van der Waals surface area contributed by atoms with Crippen molar-refractivity contribution in [1.82, 2.24) is 15.5 Å². The van der Waals surface area contributed by atoms with Gasteiger partial charge in [0.05, 0.1) is 6.54 Å². The Labute approximate surface area is 119 Å². The number of piperidine rings is 1. The Morgan fingerprint density at radius 3 is 2.50 bits per heavy atom. The first-order valence-corrected chi connectivity index (χ1v) is 7.05. The minimum Gasteiger partial charge on any atom is -0.479 e. The highest BCUT2D eigenvalue weighted by Crippen LogP contribution is 2.08. The van der Waals surface area contributed by atoms with Gasteiger partial charge in [-0.15, -0.1) is 0 Å². The fourth-order valence-corrected chi connectivity index (χ4v) is 2.31. The maximum atomic E-state index is 11.6. The summed E-state index contributed by atoms with van der Waals surface area (Å²) < 4.78 is 4.74. The maximum Gasteiger partial charge on any atom is 0.334 e. The van der Waals surface area contributed by atoms with Gasteiger partial charge < -0.3 is 25.4 Å². The molecule has 0 saturated carbocycles. The molecule has 1 aliphatic rings. The lowest BCUT2D eigenvalue weighted by Crippen LogP contribution is -2.49. The molecule has 0 aromatic heterocycles. The minimum atomic E-state index is -1.09. The van der Waals surface area contributed by atoms with E-state index >= 15 is 0 Å². The van der Waals surface area contributed by atoms with Crippen molar-refractivity contribution in [2.45, 2.75) is 38.3 Å². The molecule has 0 spiro atoms. The van der Waals surface area contributed by atoms with Gasteiger partial charge in [0.15, 0.2) is 6.10 Å². The highest BCUT2D eigenvalue weighted by molar-refractivity contribution is 5.77. The molecule has 2 atom stereocenters. The van der Waals surface area contributed by atoms with Crippen LogP contribution in [0, 0.1) is 0 Å². The Kier molecular flexibility index (Phi) is 7.32. The lowest BCUT2D eigenvalue weighted by Gasteiger charge is -2.29. The van der Waals surface area contributed by atoms with Gasteiger partial charge in [-0.3, -0.25) is 0 Å². The van der Waals surface area contributed by atoms with Gasteiger partial charge in [-0.05, 0) is 32.9 Å². The van der Waals surface area contributed by atoms with E-state index in [1.54, 1.807) is 0 Å². The molecule has 7 nitrogen and oxygen atoms in total. The SMILES string of the molecule is COC(CNC(=O)NC(C)CN1CCCCC1)C(=O)O. The number of carbonyl (C=O) groups excluding carboxylic acids is 1. The van der Waals surface area contributed by atoms with Gasteiger partial charge in [0, 0.05) is 19.7 Å². The van der Waals surface area contributed by atoms with Crippen LogP contribution in [0.25, 0.3) is 0 Å². The fourth-order valence-electron chi connectivity index (χ4n) is 2.31. The number of methoxy groups -OCH3 is 1. The number of likely N-dealkylation sites (tertiary alicyclic amines) is 1. The molecular formula is C13H25N3O4. The molecule has 1 aliphatic heterocycles. The lowest BCUT2D eigenvalue weighted by molar-refractivity contribution is -0.147. The summed E-state index contributed by atoms with van der Waals surface area (Å²) in [5, 5.41) is 14.1. The highest BCUT2D eigenvalue weighted by Gasteiger charge is 2.18. The number of carboxylic acid groups (broad SMARTS) is 1. The van der Waals surface area contributed by atoms with Crippen molar-refractivity contribution in [1.29, 1.82) is 0 Å². The van der Waals surface area contributed by atoms with Gasteiger partial charge in [-0.1, -0.05) is 6.42 Å². The topological polar surface area (TPSA) is 90.9 Å². The van der Waals surface area contributed by atoms with Crippen LogP contribution in [0.1, 0.15) is 26.2 Å². The Morgan fingerprint density at radius 2 is 1.95 bits per heavy atom. The molecule has 20 heavy (non-hydrogen) atoms. The molecule has 116 valence electrons. The summed E-state index contributed by atoms with van der Waals surface area (Å²) in [4.78, 5) is 24.7. The summed E-state index contributed by atoms with van der Waals surface area (Å²) in [5.74, 6) is -1.09. The van der Waals surface area contributed by atoms with Crippen LogP contribution in [-0.4, -0.2) is 67.4 Å². The standard InChI is InChI=1S/C13H25N3O4/c1-10(9-16-6-4-3-5-7-16)15-13(19)14-8-11(20-2)12(17)18/h10-11H,3-9H2,1-2H3,(H,17,18)(H2,14,15,19). The number of carbonyl (C=O) groups is 2. The average Bonchev–Trinajstić information content (AvgIpc) is 2.39. The zero-order valence-corrected chi connectivity index (χ0v) is 12.2. The number of urea groups is 1. The summed E-state index contributed by atoms with van der Waals surface area (Å²) in [6, 6.07) is -0.336. The Hall–Kier alpha value is -1.34. The first-order chi connectivity index (χ1) is 9.52. The molecule has 1 rings (SSSR count). The molecule has 1 fully saturated rings. The fraction of sp³-hybridized carbons (Fsp3) is 0.846. The quantitative estimate of drug-likeness (QED) is 0.625. The molecule has 0 bridgehead atoms. The van der Waals surface area contributed by atoms with E-state index in [2.05, 4.69) is 15.5 Å². The van der Waals surface area contributed by atoms with Crippen LogP contribution in [-0.2, 0) is 9.53 Å². The van der Waals surface area contributed by atoms with Crippen LogP contribution in [0.5, 0.6) is 0 Å². The Morgan fingerprint density at radius 1 is 1.30 bits per heavy atom. The second-order valence-corrected chi connectivity index (χ2v) is 5.18. The van der Waals surface area contributed by atoms with Crippen molar-refractivity contribution < 1.29 is 19.4 Å². The van der Waals surface area contributed by atoms with Crippen LogP contribution in [0.15, 0.2) is 0 Å². The summed E-state index contributed by atoms with van der Waals surface area (Å²) in [6.07, 6.45) is 2.70. The first-order valence-electron chi connectivity index (χ1n) is 7.05. The summed E-state index contributed by atoms with van der Waals surface area (Å²) >= 11 is 0. The first kappa shape index (κ1) is 16.7. The molecule has 2 unspecified atom stereocenters. The summed E-state index contributed by atoms with van der Waals surface area (Å²) in [5.41, 5.74) is 0. The van der Waals surface area contributed by atoms with Crippen LogP contribution in [0.4, 0.5) is 4.79 Å². The van der Waals surface area contributed by atoms with Crippen molar-refractivity contribution in [2.75, 3.05) is 33.3 Å². The van der Waals surface area contributed by atoms with Crippen molar-refractivity contribution in [2.24, 2.45) is 0 Å². The number of nitrogens with one attached hydrogen (secondary N) is 2. The van der Waals surface area contributed by atoms with Crippen LogP contribution >= 0.6 is 0 Å². The number of carboxylic acids is 1. The molecule has 7 heteroatoms. The van der Waals surface area contributed by atoms with E-state index in [1.807, 2.05) is 6.92 Å². The van der Waals surface area contributed by atoms with Crippen molar-refractivity contribution >= 4 is 12.0 Å². The van der Waals surface area contributed by atoms with E-state index in [-0.39, 0.29) is 18.6 Å². The van der Waals surface area contributed by atoms with Crippen LogP contribution in [0.2, 0.25) is 0 Å². The van der Waals surface area contributed by atoms with Crippen LogP contribution < -0.4 is 10.6 Å². The smallest absolute Gasteiger partial charge is 0.334 e. The average molecular weight is 287 g/mol. The normalized spacial score (nSPS) is 19.1. The number of hydrogen-bond donors (Lipinski definition) is 3. The maximum absolute atomic E-state index is 11.6. The Balaban J connectivity index is 2.21. The number of amides is 2. The Bertz CT molecular complexity index is 319. The predicted molar refractivity (Wildman–Crippen MR) is 74.7 cm³/mol. The minimum absolute atomic E-state index is 0.0268. The monoisotopic (exact) mass is 287 g/mol. The number of nitrogens with zero attached hydrogens (tertiary/aromatic N) is 1. The van der Waals surface area contributed by atoms with Gasteiger partial charge in [-0.25, -0.2) is 9.59 Å². The third-order valence-electron chi connectivity index (χ3n) is 3.37. The summed E-state index contributed by atoms with van der Waals surface area (Å²) in [6.45, 7) is 4.88. The largest absolute Gasteiger partial charge is 0.479 e. The number of aliphatic carboxylic acids is 1. The zero-order valence-electron chi connectivity index (χ0n) is 12.2. The van der Waals surface area contributed by atoms with Gasteiger partial charge in [0.1, 0.15) is 0 Å². The molecular weight excluding hydrogens is 262 g/mol. The van der Waals surface area contributed by atoms with E-state index in [4.69, 9.17) is 9.84 Å². The van der Waals surface area contributed by atoms with Gasteiger partial charge in [-0.2, -0.15) is 0 Å². The molecule has 3 N–H and O–H groups in total. The summed E-state index contributed by atoms with van der Waals surface area (Å²) in [7, 11) is 1.30. The van der Waals surface area contributed by atoms with Crippen molar-refractivity contribution in [3.63, 3.8) is 0 Å². The lowest BCUT2D eigenvalue weighted by atomic mass is 10.1. The zero-order chi connectivity index (χ0) is 15.0. The third-order valence-corrected chi connectivity index (χ3v) is 3.37. The molecule has 1 heterocycles. The number of ether oxygens (including phenoxy) is 1. The number of rotatable bonds is 7. The van der Waals surface area contributed by atoms with E-state index in [1.165, 1.54) is 26.4 Å². The van der Waals surface area contributed by atoms with E-state index in [0.717, 1.165) is 19.6 Å². The molecule has 0 aliphatic carbocycles. The molecule has 0 radical (unpaired) electrons. The molecule has 2 amide bonds. The predicted octanol–water partition coefficient (Wildman–Crippen LogP) is 0.260. The van der Waals surface area contributed by atoms with E-state index in [9.17, 15) is 9.59 Å². The van der Waals surface area contributed by atoms with Crippen molar-refractivity contribution in [3.8, 4) is 0 Å². The number of hydrogen-bond acceptors (Lipinski definition) is 4. The third kappa shape index (κ3) is 6.21. The van der Waals surface area contributed by atoms with Crippen molar-refractivity contribution in [3.05, 3.63) is 0 Å². The van der Waals surface area contributed by atoms with Gasteiger partial charge >= 0.3 is 12.0 Å². The van der Waals surface area contributed by atoms with Gasteiger partial charge in [0.25, 0.3) is 0 Å².